The van der Waals surface area contributed by atoms with E-state index in [-0.39, 0.29) is 18.0 Å². The van der Waals surface area contributed by atoms with Gasteiger partial charge in [-0.1, -0.05) is 24.3 Å². The van der Waals surface area contributed by atoms with Crippen LogP contribution in [0.25, 0.3) is 0 Å². The smallest absolute Gasteiger partial charge is 0.307 e. The highest BCUT2D eigenvalue weighted by Gasteiger charge is 2.20. The molecule has 0 aliphatic carbocycles. The van der Waals surface area contributed by atoms with Gasteiger partial charge in [0.15, 0.2) is 5.03 Å². The minimum absolute atomic E-state index is 0.0212. The van der Waals surface area contributed by atoms with Crippen molar-refractivity contribution in [3.63, 3.8) is 0 Å². The molecule has 124 valence electrons. The predicted octanol–water partition coefficient (Wildman–Crippen LogP) is 0.877. The topological polar surface area (TPSA) is 101 Å². The summed E-state index contributed by atoms with van der Waals surface area (Å²) in [5.41, 5.74) is 2.24. The Morgan fingerprint density at radius 2 is 1.87 bits per heavy atom. The SMILES string of the molecule is Cc1cnn(C)c1S(=O)(=O)NCCc1ccc(CC(=O)O)cc1. The van der Waals surface area contributed by atoms with Gasteiger partial charge < -0.3 is 5.11 Å². The first-order chi connectivity index (χ1) is 10.8. The maximum absolute atomic E-state index is 12.3. The summed E-state index contributed by atoms with van der Waals surface area (Å²) in [6, 6.07) is 7.09. The van der Waals surface area contributed by atoms with Crippen LogP contribution in [0.2, 0.25) is 0 Å². The summed E-state index contributed by atoms with van der Waals surface area (Å²) < 4.78 is 28.4. The number of carboxylic acids is 1. The van der Waals surface area contributed by atoms with Crippen LogP contribution in [0.5, 0.6) is 0 Å². The number of nitrogens with one attached hydrogen (secondary N) is 1. The van der Waals surface area contributed by atoms with Crippen molar-refractivity contribution >= 4 is 16.0 Å². The highest BCUT2D eigenvalue weighted by Crippen LogP contribution is 2.13. The zero-order chi connectivity index (χ0) is 17.0. The molecule has 8 heteroatoms. The van der Waals surface area contributed by atoms with Crippen molar-refractivity contribution in [3.05, 3.63) is 47.2 Å². The number of hydrogen-bond acceptors (Lipinski definition) is 4. The highest BCUT2D eigenvalue weighted by molar-refractivity contribution is 7.89. The van der Waals surface area contributed by atoms with Gasteiger partial charge >= 0.3 is 5.97 Å². The molecular weight excluding hydrogens is 318 g/mol. The molecule has 0 atom stereocenters. The third-order valence-corrected chi connectivity index (χ3v) is 5.07. The highest BCUT2D eigenvalue weighted by atomic mass is 32.2. The molecule has 0 saturated carbocycles. The van der Waals surface area contributed by atoms with E-state index in [1.54, 1.807) is 26.1 Å². The number of hydrogen-bond donors (Lipinski definition) is 2. The Morgan fingerprint density at radius 3 is 2.39 bits per heavy atom. The normalized spacial score (nSPS) is 11.6. The molecule has 0 spiro atoms. The number of benzene rings is 1. The molecule has 7 nitrogen and oxygen atoms in total. The first-order valence-electron chi connectivity index (χ1n) is 7.07. The summed E-state index contributed by atoms with van der Waals surface area (Å²) >= 11 is 0. The van der Waals surface area contributed by atoms with Crippen molar-refractivity contribution in [1.29, 1.82) is 0 Å². The summed E-state index contributed by atoms with van der Waals surface area (Å²) in [7, 11) is -2.01. The number of rotatable bonds is 7. The Hall–Kier alpha value is -2.19. The summed E-state index contributed by atoms with van der Waals surface area (Å²) in [6.07, 6.45) is 2.01. The number of aryl methyl sites for hydroxylation is 2. The third-order valence-electron chi connectivity index (χ3n) is 3.39. The summed E-state index contributed by atoms with van der Waals surface area (Å²) in [5.74, 6) is -0.878. The van der Waals surface area contributed by atoms with Gasteiger partial charge in [-0.25, -0.2) is 13.1 Å². The molecule has 0 radical (unpaired) electrons. The van der Waals surface area contributed by atoms with Crippen molar-refractivity contribution < 1.29 is 18.3 Å². The van der Waals surface area contributed by atoms with Gasteiger partial charge in [-0.05, 0) is 24.5 Å². The largest absolute Gasteiger partial charge is 0.481 e. The standard InChI is InChI=1S/C15H19N3O4S/c1-11-10-16-18(2)15(11)23(21,22)17-8-7-12-3-5-13(6-4-12)9-14(19)20/h3-6,10,17H,7-9H2,1-2H3,(H,19,20). The second-order valence-corrected chi connectivity index (χ2v) is 6.97. The zero-order valence-electron chi connectivity index (χ0n) is 13.0. The lowest BCUT2D eigenvalue weighted by atomic mass is 10.1. The van der Waals surface area contributed by atoms with Gasteiger partial charge in [-0.2, -0.15) is 5.10 Å². The molecule has 0 amide bonds. The van der Waals surface area contributed by atoms with E-state index in [4.69, 9.17) is 5.11 Å². The van der Waals surface area contributed by atoms with Crippen LogP contribution >= 0.6 is 0 Å². The molecule has 1 heterocycles. The molecule has 0 aliphatic heterocycles. The molecule has 23 heavy (non-hydrogen) atoms. The number of carboxylic acid groups (broad SMARTS) is 1. The van der Waals surface area contributed by atoms with Crippen LogP contribution in [0, 0.1) is 6.92 Å². The van der Waals surface area contributed by atoms with E-state index in [0.29, 0.717) is 17.5 Å². The monoisotopic (exact) mass is 337 g/mol. The number of carbonyl (C=O) groups is 1. The zero-order valence-corrected chi connectivity index (χ0v) is 13.8. The quantitative estimate of drug-likeness (QED) is 0.781. The molecule has 0 bridgehead atoms. The van der Waals surface area contributed by atoms with Gasteiger partial charge in [0.25, 0.3) is 10.0 Å². The van der Waals surface area contributed by atoms with Crippen LogP contribution in [0.3, 0.4) is 0 Å². The lowest BCUT2D eigenvalue weighted by Crippen LogP contribution is -2.28. The fraction of sp³-hybridized carbons (Fsp3) is 0.333. The second-order valence-electron chi connectivity index (χ2n) is 5.29. The van der Waals surface area contributed by atoms with Crippen molar-refractivity contribution in [1.82, 2.24) is 14.5 Å². The number of aromatic nitrogens is 2. The molecular formula is C15H19N3O4S. The van der Waals surface area contributed by atoms with Crippen LogP contribution in [0.1, 0.15) is 16.7 Å². The fourth-order valence-electron chi connectivity index (χ4n) is 2.32. The van der Waals surface area contributed by atoms with E-state index < -0.39 is 16.0 Å². The molecule has 2 rings (SSSR count). The van der Waals surface area contributed by atoms with Gasteiger partial charge in [0.2, 0.25) is 0 Å². The van der Waals surface area contributed by atoms with Crippen molar-refractivity contribution in [2.75, 3.05) is 6.54 Å². The Morgan fingerprint density at radius 1 is 1.26 bits per heavy atom. The minimum atomic E-state index is -3.60. The van der Waals surface area contributed by atoms with Crippen molar-refractivity contribution in [2.45, 2.75) is 24.8 Å². The molecule has 0 aliphatic rings. The lowest BCUT2D eigenvalue weighted by molar-refractivity contribution is -0.136. The Bertz CT molecular complexity index is 775. The Balaban J connectivity index is 1.95. The van der Waals surface area contributed by atoms with E-state index in [2.05, 4.69) is 9.82 Å². The van der Waals surface area contributed by atoms with E-state index in [1.165, 1.54) is 10.9 Å². The molecule has 1 aromatic heterocycles. The number of nitrogens with zero attached hydrogens (tertiary/aromatic N) is 2. The summed E-state index contributed by atoms with van der Waals surface area (Å²) in [5, 5.41) is 12.8. The second kappa shape index (κ2) is 6.93. The van der Waals surface area contributed by atoms with Crippen LogP contribution in [-0.2, 0) is 34.7 Å². The van der Waals surface area contributed by atoms with Crippen LogP contribution < -0.4 is 4.72 Å². The maximum Gasteiger partial charge on any atom is 0.307 e. The minimum Gasteiger partial charge on any atom is -0.481 e. The van der Waals surface area contributed by atoms with Crippen molar-refractivity contribution in [2.24, 2.45) is 7.05 Å². The summed E-state index contributed by atoms with van der Waals surface area (Å²) in [4.78, 5) is 10.6. The van der Waals surface area contributed by atoms with E-state index in [9.17, 15) is 13.2 Å². The van der Waals surface area contributed by atoms with Crippen LogP contribution in [0.4, 0.5) is 0 Å². The fourth-order valence-corrected chi connectivity index (χ4v) is 3.70. The van der Waals surface area contributed by atoms with Crippen LogP contribution in [-0.4, -0.2) is 35.8 Å². The first kappa shape index (κ1) is 17.2. The Labute approximate surface area is 135 Å². The van der Waals surface area contributed by atoms with Gasteiger partial charge in [0.1, 0.15) is 0 Å². The predicted molar refractivity (Wildman–Crippen MR) is 84.6 cm³/mol. The lowest BCUT2D eigenvalue weighted by Gasteiger charge is -2.08. The van der Waals surface area contributed by atoms with E-state index in [0.717, 1.165) is 5.56 Å². The maximum atomic E-state index is 12.3. The molecule has 0 unspecified atom stereocenters. The number of sulfonamides is 1. The average Bonchev–Trinajstić information content (AvgIpc) is 2.80. The van der Waals surface area contributed by atoms with Gasteiger partial charge in [-0.15, -0.1) is 0 Å². The van der Waals surface area contributed by atoms with Crippen molar-refractivity contribution in [3.8, 4) is 0 Å². The first-order valence-corrected chi connectivity index (χ1v) is 8.56. The van der Waals surface area contributed by atoms with E-state index >= 15 is 0 Å². The third kappa shape index (κ3) is 4.40. The molecule has 2 aromatic rings. The average molecular weight is 337 g/mol. The summed E-state index contributed by atoms with van der Waals surface area (Å²) in [6.45, 7) is 1.95. The number of aliphatic carboxylic acids is 1. The molecule has 2 N–H and O–H groups in total. The molecule has 1 aromatic carbocycles. The van der Waals surface area contributed by atoms with Gasteiger partial charge in [0.05, 0.1) is 12.6 Å². The molecule has 0 saturated heterocycles. The van der Waals surface area contributed by atoms with E-state index in [1.807, 2.05) is 12.1 Å². The molecule has 0 fully saturated rings. The van der Waals surface area contributed by atoms with Crippen LogP contribution in [0.15, 0.2) is 35.5 Å². The van der Waals surface area contributed by atoms with Gasteiger partial charge in [0, 0.05) is 19.2 Å². The van der Waals surface area contributed by atoms with Gasteiger partial charge in [-0.3, -0.25) is 9.48 Å². The Kier molecular flexibility index (Phi) is 5.17.